The standard InChI is InChI=1S/C27H27N5O5/c1-4-14-27(3)15-13-19-17-24(18(2)16-25(19)37-27)30-26(28-20-5-9-22(10-6-20)31(33)34)29-21-7-11-23(12-8-21)32(35)36/h5-13,15-17H,4,14H2,1-3H3,(H2,28,29,30). The second-order valence-corrected chi connectivity index (χ2v) is 8.99. The highest BCUT2D eigenvalue weighted by Gasteiger charge is 2.27. The number of nitrogens with one attached hydrogen (secondary N) is 2. The van der Waals surface area contributed by atoms with E-state index in [1.807, 2.05) is 25.1 Å². The maximum Gasteiger partial charge on any atom is 0.269 e. The molecule has 37 heavy (non-hydrogen) atoms. The van der Waals surface area contributed by atoms with E-state index in [0.29, 0.717) is 23.0 Å². The molecule has 0 aromatic heterocycles. The number of benzene rings is 3. The molecule has 1 aliphatic rings. The van der Waals surface area contributed by atoms with Crippen molar-refractivity contribution in [2.75, 3.05) is 10.6 Å². The van der Waals surface area contributed by atoms with Gasteiger partial charge in [0.2, 0.25) is 5.96 Å². The minimum Gasteiger partial charge on any atom is -0.483 e. The third-order valence-corrected chi connectivity index (χ3v) is 5.95. The van der Waals surface area contributed by atoms with Crippen molar-refractivity contribution < 1.29 is 14.6 Å². The molecule has 0 saturated carbocycles. The zero-order chi connectivity index (χ0) is 26.6. The normalized spacial score (nSPS) is 15.8. The van der Waals surface area contributed by atoms with Gasteiger partial charge in [-0.25, -0.2) is 4.99 Å². The van der Waals surface area contributed by atoms with Gasteiger partial charge in [0.05, 0.1) is 15.5 Å². The molecule has 2 N–H and O–H groups in total. The summed E-state index contributed by atoms with van der Waals surface area (Å²) >= 11 is 0. The van der Waals surface area contributed by atoms with Crippen LogP contribution in [0.3, 0.4) is 0 Å². The SMILES string of the molecule is CCCC1(C)C=Cc2cc(N=C(Nc3ccc([N+](=O)[O-])cc3)Nc3ccc([N+](=O)[O-])cc3)c(C)cc2O1. The van der Waals surface area contributed by atoms with E-state index in [2.05, 4.69) is 30.6 Å². The van der Waals surface area contributed by atoms with Crippen LogP contribution in [0.4, 0.5) is 28.4 Å². The van der Waals surface area contributed by atoms with Crippen LogP contribution in [0.2, 0.25) is 0 Å². The van der Waals surface area contributed by atoms with E-state index >= 15 is 0 Å². The van der Waals surface area contributed by atoms with Crippen LogP contribution < -0.4 is 15.4 Å². The van der Waals surface area contributed by atoms with Gasteiger partial charge in [-0.05, 0) is 68.3 Å². The zero-order valence-electron chi connectivity index (χ0n) is 20.7. The van der Waals surface area contributed by atoms with E-state index < -0.39 is 9.85 Å². The highest BCUT2D eigenvalue weighted by molar-refractivity contribution is 6.05. The fourth-order valence-corrected chi connectivity index (χ4v) is 4.02. The van der Waals surface area contributed by atoms with Crippen LogP contribution >= 0.6 is 0 Å². The fraction of sp³-hybridized carbons (Fsp3) is 0.222. The van der Waals surface area contributed by atoms with Gasteiger partial charge in [-0.3, -0.25) is 20.2 Å². The van der Waals surface area contributed by atoms with Crippen molar-refractivity contribution in [3.63, 3.8) is 0 Å². The summed E-state index contributed by atoms with van der Waals surface area (Å²) in [5.41, 5.74) is 3.23. The summed E-state index contributed by atoms with van der Waals surface area (Å²) in [6.45, 7) is 6.13. The molecule has 0 aliphatic carbocycles. The van der Waals surface area contributed by atoms with Crippen LogP contribution in [-0.2, 0) is 0 Å². The van der Waals surface area contributed by atoms with Crippen molar-refractivity contribution in [1.82, 2.24) is 0 Å². The van der Waals surface area contributed by atoms with Gasteiger partial charge in [0.1, 0.15) is 11.4 Å². The number of ether oxygens (including phenoxy) is 1. The second kappa shape index (κ2) is 10.5. The lowest BCUT2D eigenvalue weighted by atomic mass is 9.95. The van der Waals surface area contributed by atoms with Crippen molar-refractivity contribution in [2.24, 2.45) is 4.99 Å². The van der Waals surface area contributed by atoms with Gasteiger partial charge in [0.25, 0.3) is 11.4 Å². The Balaban J connectivity index is 1.68. The molecule has 0 fully saturated rings. The molecule has 190 valence electrons. The van der Waals surface area contributed by atoms with Crippen LogP contribution in [0.15, 0.2) is 71.7 Å². The van der Waals surface area contributed by atoms with Crippen LogP contribution in [0.5, 0.6) is 5.75 Å². The van der Waals surface area contributed by atoms with Gasteiger partial charge < -0.3 is 15.4 Å². The molecule has 1 unspecified atom stereocenters. The Morgan fingerprint density at radius 3 is 1.97 bits per heavy atom. The number of aryl methyl sites for hydroxylation is 1. The third kappa shape index (κ3) is 6.10. The summed E-state index contributed by atoms with van der Waals surface area (Å²) in [4.78, 5) is 25.9. The summed E-state index contributed by atoms with van der Waals surface area (Å²) < 4.78 is 6.28. The Labute approximate surface area is 214 Å². The Hall–Kier alpha value is -4.73. The monoisotopic (exact) mass is 501 g/mol. The molecule has 3 aromatic carbocycles. The summed E-state index contributed by atoms with van der Waals surface area (Å²) in [6, 6.07) is 15.8. The van der Waals surface area contributed by atoms with E-state index in [9.17, 15) is 20.2 Å². The molecular formula is C27H27N5O5. The van der Waals surface area contributed by atoms with Crippen molar-refractivity contribution in [1.29, 1.82) is 0 Å². The van der Waals surface area contributed by atoms with Crippen molar-refractivity contribution in [3.05, 3.63) is 98.1 Å². The number of aliphatic imine (C=N–C) groups is 1. The lowest BCUT2D eigenvalue weighted by Crippen LogP contribution is -2.31. The first-order chi connectivity index (χ1) is 17.7. The predicted octanol–water partition coefficient (Wildman–Crippen LogP) is 6.99. The minimum absolute atomic E-state index is 0.0280. The van der Waals surface area contributed by atoms with Crippen molar-refractivity contribution >= 4 is 40.5 Å². The van der Waals surface area contributed by atoms with Gasteiger partial charge in [-0.2, -0.15) is 0 Å². The molecule has 0 spiro atoms. The van der Waals surface area contributed by atoms with E-state index in [4.69, 9.17) is 9.73 Å². The number of nitro groups is 2. The average molecular weight is 502 g/mol. The average Bonchev–Trinajstić information content (AvgIpc) is 2.85. The largest absolute Gasteiger partial charge is 0.483 e. The molecule has 0 radical (unpaired) electrons. The highest BCUT2D eigenvalue weighted by atomic mass is 16.6. The Bertz CT molecular complexity index is 1320. The highest BCUT2D eigenvalue weighted by Crippen LogP contribution is 2.37. The number of nitrogens with zero attached hydrogens (tertiary/aromatic N) is 3. The predicted molar refractivity (Wildman–Crippen MR) is 145 cm³/mol. The fourth-order valence-electron chi connectivity index (χ4n) is 4.02. The maximum absolute atomic E-state index is 11.0. The van der Waals surface area contributed by atoms with Gasteiger partial charge in [-0.15, -0.1) is 0 Å². The number of hydrogen-bond donors (Lipinski definition) is 2. The molecule has 10 heteroatoms. The first-order valence-corrected chi connectivity index (χ1v) is 11.8. The molecule has 10 nitrogen and oxygen atoms in total. The molecule has 0 bridgehead atoms. The summed E-state index contributed by atoms with van der Waals surface area (Å²) in [6.07, 6.45) is 6.01. The molecule has 4 rings (SSSR count). The number of nitro benzene ring substituents is 2. The molecule has 0 amide bonds. The topological polar surface area (TPSA) is 132 Å². The summed E-state index contributed by atoms with van der Waals surface area (Å²) in [5, 5.41) is 28.3. The molecule has 1 heterocycles. The molecule has 3 aromatic rings. The summed E-state index contributed by atoms with van der Waals surface area (Å²) in [7, 11) is 0. The quantitative estimate of drug-likeness (QED) is 0.154. The third-order valence-electron chi connectivity index (χ3n) is 5.95. The zero-order valence-corrected chi connectivity index (χ0v) is 20.7. The Morgan fingerprint density at radius 2 is 1.49 bits per heavy atom. The molecule has 1 atom stereocenters. The Morgan fingerprint density at radius 1 is 0.946 bits per heavy atom. The minimum atomic E-state index is -0.467. The lowest BCUT2D eigenvalue weighted by Gasteiger charge is -2.31. The lowest BCUT2D eigenvalue weighted by molar-refractivity contribution is -0.385. The number of hydrogen-bond acceptors (Lipinski definition) is 6. The van der Waals surface area contributed by atoms with Gasteiger partial charge in [0.15, 0.2) is 0 Å². The number of fused-ring (bicyclic) bond motifs is 1. The molecule has 1 aliphatic heterocycles. The smallest absolute Gasteiger partial charge is 0.269 e. The van der Waals surface area contributed by atoms with Gasteiger partial charge >= 0.3 is 0 Å². The van der Waals surface area contributed by atoms with E-state index in [0.717, 1.165) is 29.7 Å². The van der Waals surface area contributed by atoms with Crippen molar-refractivity contribution in [3.8, 4) is 5.75 Å². The van der Waals surface area contributed by atoms with Gasteiger partial charge in [-0.1, -0.05) is 19.4 Å². The second-order valence-electron chi connectivity index (χ2n) is 8.99. The van der Waals surface area contributed by atoms with Crippen LogP contribution in [0, 0.1) is 27.2 Å². The molecule has 0 saturated heterocycles. The molecular weight excluding hydrogens is 474 g/mol. The number of rotatable bonds is 7. The Kier molecular flexibility index (Phi) is 7.19. The van der Waals surface area contributed by atoms with Crippen LogP contribution in [0.1, 0.15) is 37.8 Å². The first-order valence-electron chi connectivity index (χ1n) is 11.8. The van der Waals surface area contributed by atoms with Gasteiger partial charge in [0, 0.05) is 41.2 Å². The van der Waals surface area contributed by atoms with Crippen LogP contribution in [-0.4, -0.2) is 21.4 Å². The summed E-state index contributed by atoms with van der Waals surface area (Å²) in [5.74, 6) is 1.13. The van der Waals surface area contributed by atoms with Crippen LogP contribution in [0.25, 0.3) is 6.08 Å². The maximum atomic E-state index is 11.0. The number of non-ortho nitro benzene ring substituents is 2. The first kappa shape index (κ1) is 25.4. The van der Waals surface area contributed by atoms with E-state index in [1.165, 1.54) is 24.3 Å². The number of anilines is 2. The van der Waals surface area contributed by atoms with E-state index in [1.54, 1.807) is 24.3 Å². The van der Waals surface area contributed by atoms with E-state index in [-0.39, 0.29) is 17.0 Å². The number of guanidine groups is 1. The van der Waals surface area contributed by atoms with Crippen molar-refractivity contribution in [2.45, 2.75) is 39.2 Å².